The number of fused-ring (bicyclic) bond motifs is 1. The fourth-order valence-electron chi connectivity index (χ4n) is 6.12. The zero-order chi connectivity index (χ0) is 26.5. The predicted molar refractivity (Wildman–Crippen MR) is 148 cm³/mol. The van der Waals surface area contributed by atoms with E-state index in [9.17, 15) is 8.42 Å². The van der Waals surface area contributed by atoms with Gasteiger partial charge in [0.1, 0.15) is 30.1 Å². The summed E-state index contributed by atoms with van der Waals surface area (Å²) in [6.45, 7) is 7.03. The SMILES string of the molecule is CC1(C)CC[C@@H](COc2cccc(-c3cn([C@H]4C[C@@H](CN5CCS(=O)(=O)CC5)C4)c4ncnc(N)c34)c2)O1. The molecule has 0 radical (unpaired) electrons. The Morgan fingerprint density at radius 2 is 1.97 bits per heavy atom. The summed E-state index contributed by atoms with van der Waals surface area (Å²) >= 11 is 0. The van der Waals surface area contributed by atoms with Crippen molar-refractivity contribution in [3.8, 4) is 16.9 Å². The topological polar surface area (TPSA) is 113 Å². The fraction of sp³-hybridized carbons (Fsp3) is 0.571. The lowest BCUT2D eigenvalue weighted by Crippen LogP contribution is -2.44. The molecule has 0 unspecified atom stereocenters. The molecule has 1 aliphatic carbocycles. The van der Waals surface area contributed by atoms with Gasteiger partial charge in [-0.25, -0.2) is 18.4 Å². The van der Waals surface area contributed by atoms with Crippen molar-refractivity contribution in [2.45, 2.75) is 57.3 Å². The molecule has 1 aromatic carbocycles. The highest BCUT2D eigenvalue weighted by Crippen LogP contribution is 2.43. The van der Waals surface area contributed by atoms with E-state index in [1.807, 2.05) is 12.1 Å². The van der Waals surface area contributed by atoms with Crippen LogP contribution in [0.25, 0.3) is 22.2 Å². The van der Waals surface area contributed by atoms with Crippen LogP contribution in [0.4, 0.5) is 5.82 Å². The van der Waals surface area contributed by atoms with E-state index < -0.39 is 9.84 Å². The molecule has 9 nitrogen and oxygen atoms in total. The van der Waals surface area contributed by atoms with Crippen LogP contribution < -0.4 is 10.5 Å². The molecule has 10 heteroatoms. The largest absolute Gasteiger partial charge is 0.491 e. The Balaban J connectivity index is 1.17. The van der Waals surface area contributed by atoms with E-state index in [1.165, 1.54) is 6.33 Å². The van der Waals surface area contributed by atoms with Crippen LogP contribution in [-0.4, -0.2) is 77.3 Å². The normalized spacial score (nSPS) is 26.8. The van der Waals surface area contributed by atoms with Crippen LogP contribution in [0, 0.1) is 5.92 Å². The van der Waals surface area contributed by atoms with Crippen molar-refractivity contribution in [2.24, 2.45) is 5.92 Å². The summed E-state index contributed by atoms with van der Waals surface area (Å²) in [5, 5.41) is 0.871. The molecule has 3 aromatic rings. The Morgan fingerprint density at radius 1 is 1.18 bits per heavy atom. The Labute approximate surface area is 224 Å². The van der Waals surface area contributed by atoms with Crippen molar-refractivity contribution < 1.29 is 17.9 Å². The van der Waals surface area contributed by atoms with Crippen molar-refractivity contribution in [3.63, 3.8) is 0 Å². The third-order valence-corrected chi connectivity index (χ3v) is 9.94. The highest BCUT2D eigenvalue weighted by atomic mass is 32.2. The first-order valence-corrected chi connectivity index (χ1v) is 15.4. The third-order valence-electron chi connectivity index (χ3n) is 8.33. The molecule has 1 saturated carbocycles. The zero-order valence-corrected chi connectivity index (χ0v) is 23.0. The minimum Gasteiger partial charge on any atom is -0.491 e. The average Bonchev–Trinajstić information content (AvgIpc) is 3.41. The number of ether oxygens (including phenoxy) is 2. The average molecular weight is 540 g/mol. The smallest absolute Gasteiger partial charge is 0.152 e. The lowest BCUT2D eigenvalue weighted by Gasteiger charge is -2.40. The molecular weight excluding hydrogens is 502 g/mol. The lowest BCUT2D eigenvalue weighted by molar-refractivity contribution is -0.0326. The number of hydrogen-bond donors (Lipinski definition) is 1. The van der Waals surface area contributed by atoms with E-state index >= 15 is 0 Å². The number of hydrogen-bond acceptors (Lipinski definition) is 8. The Morgan fingerprint density at radius 3 is 2.71 bits per heavy atom. The second-order valence-corrected chi connectivity index (χ2v) is 14.0. The zero-order valence-electron chi connectivity index (χ0n) is 22.2. The van der Waals surface area contributed by atoms with Gasteiger partial charge >= 0.3 is 0 Å². The molecule has 4 heterocycles. The molecule has 3 fully saturated rings. The van der Waals surface area contributed by atoms with Gasteiger partial charge in [0, 0.05) is 37.4 Å². The van der Waals surface area contributed by atoms with E-state index in [0.717, 1.165) is 60.1 Å². The summed E-state index contributed by atoms with van der Waals surface area (Å²) in [4.78, 5) is 11.2. The molecule has 2 aromatic heterocycles. The number of rotatable bonds is 7. The maximum atomic E-state index is 11.7. The molecule has 0 spiro atoms. The van der Waals surface area contributed by atoms with Gasteiger partial charge in [0.2, 0.25) is 0 Å². The minimum atomic E-state index is -2.85. The highest BCUT2D eigenvalue weighted by molar-refractivity contribution is 7.91. The number of anilines is 1. The molecule has 3 aliphatic rings. The van der Waals surface area contributed by atoms with E-state index in [0.29, 0.717) is 37.5 Å². The summed E-state index contributed by atoms with van der Waals surface area (Å²) in [6, 6.07) is 8.44. The monoisotopic (exact) mass is 539 g/mol. The van der Waals surface area contributed by atoms with Crippen molar-refractivity contribution in [1.29, 1.82) is 0 Å². The molecule has 0 bridgehead atoms. The predicted octanol–water partition coefficient (Wildman–Crippen LogP) is 3.70. The Hall–Kier alpha value is -2.69. The molecule has 2 N–H and O–H groups in total. The molecule has 204 valence electrons. The van der Waals surface area contributed by atoms with Crippen molar-refractivity contribution >= 4 is 26.7 Å². The molecule has 1 atom stereocenters. The number of sulfone groups is 1. The first-order chi connectivity index (χ1) is 18.2. The number of aromatic nitrogens is 3. The van der Waals surface area contributed by atoms with Gasteiger partial charge in [-0.1, -0.05) is 12.1 Å². The number of nitrogen functional groups attached to an aromatic ring is 1. The van der Waals surface area contributed by atoms with Gasteiger partial charge in [0.15, 0.2) is 9.84 Å². The number of benzene rings is 1. The molecule has 0 amide bonds. The van der Waals surface area contributed by atoms with Crippen molar-refractivity contribution in [2.75, 3.05) is 43.5 Å². The maximum absolute atomic E-state index is 11.7. The summed E-state index contributed by atoms with van der Waals surface area (Å²) < 4.78 is 38.0. The molecular formula is C28H37N5O4S. The van der Waals surface area contributed by atoms with Gasteiger partial charge in [0.25, 0.3) is 0 Å². The van der Waals surface area contributed by atoms with Crippen LogP contribution in [0.5, 0.6) is 5.75 Å². The van der Waals surface area contributed by atoms with E-state index in [1.54, 1.807) is 0 Å². The van der Waals surface area contributed by atoms with Crippen molar-refractivity contribution in [1.82, 2.24) is 19.4 Å². The van der Waals surface area contributed by atoms with Crippen LogP contribution >= 0.6 is 0 Å². The molecule has 6 rings (SSSR count). The summed E-state index contributed by atoms with van der Waals surface area (Å²) in [5.41, 5.74) is 9.18. The molecule has 2 aliphatic heterocycles. The first kappa shape index (κ1) is 25.6. The number of nitrogens with zero attached hydrogens (tertiary/aromatic N) is 4. The van der Waals surface area contributed by atoms with Gasteiger partial charge in [-0.15, -0.1) is 0 Å². The quantitative estimate of drug-likeness (QED) is 0.484. The van der Waals surface area contributed by atoms with Crippen LogP contribution in [0.15, 0.2) is 36.8 Å². The standard InChI is InChI=1S/C28H37N5O4S/c1-28(2)7-6-23(37-28)17-36-22-5-3-4-20(14-22)24-16-33(27-25(24)26(29)30-18-31-27)21-12-19(13-21)15-32-8-10-38(34,35)11-9-32/h3-5,14,16,18-19,21,23H,6-13,15,17H2,1-2H3,(H2,29,30,31)/t19-,21+,23-/m0/s1. The van der Waals surface area contributed by atoms with Gasteiger partial charge < -0.3 is 24.7 Å². The fourth-order valence-corrected chi connectivity index (χ4v) is 7.39. The Kier molecular flexibility index (Phi) is 6.60. The minimum absolute atomic E-state index is 0.0792. The third kappa shape index (κ3) is 5.26. The summed E-state index contributed by atoms with van der Waals surface area (Å²) in [6.07, 6.45) is 7.93. The van der Waals surface area contributed by atoms with Gasteiger partial charge in [0.05, 0.1) is 28.6 Å². The second-order valence-electron chi connectivity index (χ2n) is 11.7. The summed E-state index contributed by atoms with van der Waals surface area (Å²) in [7, 11) is -2.85. The van der Waals surface area contributed by atoms with Gasteiger partial charge in [-0.05, 0) is 63.1 Å². The van der Waals surface area contributed by atoms with Gasteiger partial charge in [-0.2, -0.15) is 0 Å². The van der Waals surface area contributed by atoms with Crippen molar-refractivity contribution in [3.05, 3.63) is 36.8 Å². The number of nitrogens with two attached hydrogens (primary N) is 1. The van der Waals surface area contributed by atoms with Crippen LogP contribution in [0.3, 0.4) is 0 Å². The van der Waals surface area contributed by atoms with E-state index in [-0.39, 0.29) is 23.2 Å². The molecule has 38 heavy (non-hydrogen) atoms. The first-order valence-electron chi connectivity index (χ1n) is 13.6. The summed E-state index contributed by atoms with van der Waals surface area (Å²) in [5.74, 6) is 2.39. The van der Waals surface area contributed by atoms with Crippen LogP contribution in [-0.2, 0) is 14.6 Å². The lowest BCUT2D eigenvalue weighted by atomic mass is 9.79. The van der Waals surface area contributed by atoms with Gasteiger partial charge in [-0.3, -0.25) is 0 Å². The highest BCUT2D eigenvalue weighted by Gasteiger charge is 2.35. The van der Waals surface area contributed by atoms with E-state index in [4.69, 9.17) is 15.2 Å². The van der Waals surface area contributed by atoms with Crippen LogP contribution in [0.2, 0.25) is 0 Å². The van der Waals surface area contributed by atoms with Crippen LogP contribution in [0.1, 0.15) is 45.6 Å². The Bertz CT molecular complexity index is 1420. The van der Waals surface area contributed by atoms with E-state index in [2.05, 4.69) is 51.6 Å². The molecule has 2 saturated heterocycles. The second kappa shape index (κ2) is 9.81. The maximum Gasteiger partial charge on any atom is 0.152 e.